The lowest BCUT2D eigenvalue weighted by Gasteiger charge is -2.05. The number of hydrogen-bond acceptors (Lipinski definition) is 8. The number of benzene rings is 1. The molecule has 0 aliphatic carbocycles. The Balaban J connectivity index is 2.05. The fraction of sp³-hybridized carbons (Fsp3) is 0.188. The average Bonchev–Trinajstić information content (AvgIpc) is 3.04. The quantitative estimate of drug-likeness (QED) is 0.322. The van der Waals surface area contributed by atoms with E-state index in [1.807, 2.05) is 24.3 Å². The summed E-state index contributed by atoms with van der Waals surface area (Å²) in [5, 5.41) is 18.4. The molecule has 0 fully saturated rings. The molecule has 0 atom stereocenters. The fourth-order valence-corrected chi connectivity index (χ4v) is 3.01. The molecule has 0 amide bonds. The molecule has 0 aliphatic rings. The Hall–Kier alpha value is -2.94. The van der Waals surface area contributed by atoms with Crippen LogP contribution in [-0.4, -0.2) is 43.0 Å². The first-order valence-corrected chi connectivity index (χ1v) is 8.12. The number of nitrogens with zero attached hydrogens (tertiary/aromatic N) is 5. The van der Waals surface area contributed by atoms with Gasteiger partial charge in [0.15, 0.2) is 16.9 Å². The van der Waals surface area contributed by atoms with Crippen molar-refractivity contribution < 1.29 is 14.6 Å². The van der Waals surface area contributed by atoms with Crippen molar-refractivity contribution in [1.82, 2.24) is 25.0 Å². The third kappa shape index (κ3) is 3.31. The van der Waals surface area contributed by atoms with Crippen molar-refractivity contribution in [3.05, 3.63) is 41.3 Å². The smallest absolute Gasteiger partial charge is 0.187 e. The van der Waals surface area contributed by atoms with Crippen molar-refractivity contribution in [2.75, 3.05) is 7.11 Å². The molecule has 0 saturated carbocycles. The normalized spacial score (nSPS) is 12.1. The Kier molecular flexibility index (Phi) is 4.66. The molecule has 128 valence electrons. The highest BCUT2D eigenvalue weighted by Crippen LogP contribution is 2.31. The van der Waals surface area contributed by atoms with Crippen LogP contribution in [0.2, 0.25) is 0 Å². The number of Topliss-reactive ketones (excluding diaryl/α,β-unsaturated/α-hetero) is 1. The largest absolute Gasteiger partial charge is 0.511 e. The molecule has 0 unspecified atom stereocenters. The molecule has 25 heavy (non-hydrogen) atoms. The molecule has 8 nitrogen and oxygen atoms in total. The van der Waals surface area contributed by atoms with Gasteiger partial charge in [-0.3, -0.25) is 4.79 Å². The van der Waals surface area contributed by atoms with Crippen LogP contribution in [0.25, 0.3) is 16.9 Å². The number of aliphatic hydroxyl groups excluding tert-OH is 1. The monoisotopic (exact) mass is 357 g/mol. The van der Waals surface area contributed by atoms with Gasteiger partial charge < -0.3 is 9.84 Å². The number of thioether (sulfide) groups is 1. The van der Waals surface area contributed by atoms with Crippen molar-refractivity contribution in [2.45, 2.75) is 18.9 Å². The zero-order valence-corrected chi connectivity index (χ0v) is 14.6. The third-order valence-corrected chi connectivity index (χ3v) is 4.65. The number of fused-ring (bicyclic) bond motifs is 1. The van der Waals surface area contributed by atoms with E-state index < -0.39 is 0 Å². The van der Waals surface area contributed by atoms with Gasteiger partial charge in [0.1, 0.15) is 22.9 Å². The van der Waals surface area contributed by atoms with E-state index in [-0.39, 0.29) is 16.4 Å². The van der Waals surface area contributed by atoms with Gasteiger partial charge in [0.05, 0.1) is 17.7 Å². The van der Waals surface area contributed by atoms with Gasteiger partial charge in [0.25, 0.3) is 0 Å². The molecule has 3 rings (SSSR count). The van der Waals surface area contributed by atoms with Crippen LogP contribution in [0.5, 0.6) is 5.75 Å². The summed E-state index contributed by atoms with van der Waals surface area (Å²) >= 11 is 1.04. The number of rotatable bonds is 5. The van der Waals surface area contributed by atoms with Crippen LogP contribution in [0, 0.1) is 0 Å². The molecular weight excluding hydrogens is 342 g/mol. The number of aliphatic hydroxyl groups is 1. The molecule has 0 saturated heterocycles. The topological polar surface area (TPSA) is 103 Å². The van der Waals surface area contributed by atoms with Crippen molar-refractivity contribution >= 4 is 28.7 Å². The molecule has 0 aliphatic heterocycles. The number of ketones is 1. The van der Waals surface area contributed by atoms with E-state index in [0.717, 1.165) is 23.2 Å². The second-order valence-corrected chi connectivity index (χ2v) is 6.12. The van der Waals surface area contributed by atoms with Gasteiger partial charge in [-0.15, -0.1) is 5.10 Å². The highest BCUT2D eigenvalue weighted by molar-refractivity contribution is 8.04. The lowest BCUT2D eigenvalue weighted by molar-refractivity contribution is -0.113. The number of methoxy groups -OCH3 is 1. The Morgan fingerprint density at radius 2 is 1.92 bits per heavy atom. The van der Waals surface area contributed by atoms with Crippen LogP contribution >= 0.6 is 11.8 Å². The number of hydrogen-bond donors (Lipinski definition) is 1. The number of aromatic nitrogens is 5. The van der Waals surface area contributed by atoms with Crippen LogP contribution in [0.3, 0.4) is 0 Å². The molecule has 3 aromatic rings. The lowest BCUT2D eigenvalue weighted by Crippen LogP contribution is -1.99. The Labute approximate surface area is 147 Å². The summed E-state index contributed by atoms with van der Waals surface area (Å²) in [7, 11) is 1.60. The van der Waals surface area contributed by atoms with E-state index in [1.54, 1.807) is 11.8 Å². The van der Waals surface area contributed by atoms with Gasteiger partial charge in [0, 0.05) is 0 Å². The van der Waals surface area contributed by atoms with Gasteiger partial charge in [0.2, 0.25) is 0 Å². The molecule has 2 aromatic heterocycles. The average molecular weight is 357 g/mol. The molecular formula is C16H15N5O3S. The number of carbonyl (C=O) groups excluding carboxylic acids is 1. The maximum absolute atomic E-state index is 11.7. The Morgan fingerprint density at radius 3 is 2.52 bits per heavy atom. The maximum Gasteiger partial charge on any atom is 0.187 e. The van der Waals surface area contributed by atoms with Crippen LogP contribution in [0.1, 0.15) is 13.8 Å². The van der Waals surface area contributed by atoms with E-state index in [1.165, 1.54) is 20.2 Å². The standard InChI is InChI=1S/C16H15N5O3S/c1-9(22)14(10(2)23)25-16-13-15(17-8-18-16)21(20-19-13)11-4-6-12(24-3)7-5-11/h4-8,22H,1-3H3/b14-9-. The number of allylic oxidation sites excluding steroid dienone is 2. The first kappa shape index (κ1) is 16.9. The van der Waals surface area contributed by atoms with Crippen LogP contribution < -0.4 is 4.74 Å². The van der Waals surface area contributed by atoms with E-state index in [2.05, 4.69) is 20.3 Å². The molecule has 0 bridgehead atoms. The molecule has 2 heterocycles. The highest BCUT2D eigenvalue weighted by atomic mass is 32.2. The van der Waals surface area contributed by atoms with Crippen LogP contribution in [-0.2, 0) is 4.79 Å². The van der Waals surface area contributed by atoms with Crippen LogP contribution in [0.4, 0.5) is 0 Å². The second kappa shape index (κ2) is 6.89. The minimum absolute atomic E-state index is 0.0631. The van der Waals surface area contributed by atoms with Crippen molar-refractivity contribution in [1.29, 1.82) is 0 Å². The summed E-state index contributed by atoms with van der Waals surface area (Å²) in [6.45, 7) is 2.84. The number of carbonyl (C=O) groups is 1. The predicted octanol–water partition coefficient (Wildman–Crippen LogP) is 2.69. The predicted molar refractivity (Wildman–Crippen MR) is 92.9 cm³/mol. The van der Waals surface area contributed by atoms with E-state index >= 15 is 0 Å². The zero-order chi connectivity index (χ0) is 18.0. The van der Waals surface area contributed by atoms with Crippen LogP contribution in [0.15, 0.2) is 46.3 Å². The summed E-state index contributed by atoms with van der Waals surface area (Å²) in [6, 6.07) is 7.29. The first-order valence-electron chi connectivity index (χ1n) is 7.30. The molecule has 0 spiro atoms. The van der Waals surface area contributed by atoms with E-state index in [0.29, 0.717) is 16.2 Å². The molecule has 9 heteroatoms. The minimum Gasteiger partial charge on any atom is -0.511 e. The minimum atomic E-state index is -0.251. The highest BCUT2D eigenvalue weighted by Gasteiger charge is 2.18. The van der Waals surface area contributed by atoms with E-state index in [9.17, 15) is 9.90 Å². The van der Waals surface area contributed by atoms with Gasteiger partial charge in [-0.1, -0.05) is 17.0 Å². The summed E-state index contributed by atoms with van der Waals surface area (Å²) in [6.07, 6.45) is 1.37. The molecule has 1 aromatic carbocycles. The summed E-state index contributed by atoms with van der Waals surface area (Å²) in [5.74, 6) is 0.416. The summed E-state index contributed by atoms with van der Waals surface area (Å²) in [5.41, 5.74) is 1.71. The zero-order valence-electron chi connectivity index (χ0n) is 13.8. The van der Waals surface area contributed by atoms with Crippen molar-refractivity contribution in [3.63, 3.8) is 0 Å². The van der Waals surface area contributed by atoms with Gasteiger partial charge in [-0.2, -0.15) is 4.68 Å². The van der Waals surface area contributed by atoms with Gasteiger partial charge in [-0.05, 0) is 38.1 Å². The Bertz CT molecular complexity index is 962. The SMILES string of the molecule is COc1ccc(-n2nnc3c(S/C(C(C)=O)=C(/C)O)ncnc32)cc1. The molecule has 0 radical (unpaired) electrons. The van der Waals surface area contributed by atoms with E-state index in [4.69, 9.17) is 4.74 Å². The van der Waals surface area contributed by atoms with Crippen molar-refractivity contribution in [2.24, 2.45) is 0 Å². The van der Waals surface area contributed by atoms with Gasteiger partial charge in [-0.25, -0.2) is 9.97 Å². The number of ether oxygens (including phenoxy) is 1. The molecule has 1 N–H and O–H groups in total. The fourth-order valence-electron chi connectivity index (χ4n) is 2.20. The lowest BCUT2D eigenvalue weighted by atomic mass is 10.3. The first-order chi connectivity index (χ1) is 12.0. The summed E-state index contributed by atoms with van der Waals surface area (Å²) < 4.78 is 6.72. The van der Waals surface area contributed by atoms with Gasteiger partial charge >= 0.3 is 0 Å². The maximum atomic E-state index is 11.7. The Morgan fingerprint density at radius 1 is 1.20 bits per heavy atom. The summed E-state index contributed by atoms with van der Waals surface area (Å²) in [4.78, 5) is 20.3. The third-order valence-electron chi connectivity index (χ3n) is 3.37. The van der Waals surface area contributed by atoms with Crippen molar-refractivity contribution in [3.8, 4) is 11.4 Å². The second-order valence-electron chi connectivity index (χ2n) is 5.12.